The van der Waals surface area contributed by atoms with Crippen LogP contribution in [0.15, 0.2) is 41.3 Å². The first-order chi connectivity index (χ1) is 13.3. The van der Waals surface area contributed by atoms with Crippen molar-refractivity contribution in [3.63, 3.8) is 0 Å². The van der Waals surface area contributed by atoms with Crippen LogP contribution in [-0.2, 0) is 14.8 Å². The standard InChI is InChI=1S/C19H21ClN2O5S/c1-13-3-5-15(12-16(13)20)21-19(23)14-4-6-17(26-2)18(11-14)28(24,25)22-7-9-27-10-8-22/h3-6,11-12H,7-10H2,1-2H3,(H,21,23). The highest BCUT2D eigenvalue weighted by molar-refractivity contribution is 7.89. The summed E-state index contributed by atoms with van der Waals surface area (Å²) in [7, 11) is -2.43. The highest BCUT2D eigenvalue weighted by Crippen LogP contribution is 2.29. The lowest BCUT2D eigenvalue weighted by Crippen LogP contribution is -2.40. The highest BCUT2D eigenvalue weighted by atomic mass is 35.5. The number of halogens is 1. The average molecular weight is 425 g/mol. The number of amides is 1. The number of hydrogen-bond donors (Lipinski definition) is 1. The Kier molecular flexibility index (Phi) is 6.24. The van der Waals surface area contributed by atoms with Crippen LogP contribution in [0.1, 0.15) is 15.9 Å². The summed E-state index contributed by atoms with van der Waals surface area (Å²) >= 11 is 6.09. The van der Waals surface area contributed by atoms with Gasteiger partial charge < -0.3 is 14.8 Å². The van der Waals surface area contributed by atoms with Gasteiger partial charge in [-0.1, -0.05) is 17.7 Å². The van der Waals surface area contributed by atoms with Crippen LogP contribution in [0.5, 0.6) is 5.75 Å². The number of carbonyl (C=O) groups excluding carboxylic acids is 1. The summed E-state index contributed by atoms with van der Waals surface area (Å²) in [6, 6.07) is 9.49. The van der Waals surface area contributed by atoms with Crippen LogP contribution in [0, 0.1) is 6.92 Å². The second kappa shape index (κ2) is 8.48. The number of rotatable bonds is 5. The Morgan fingerprint density at radius 3 is 2.54 bits per heavy atom. The van der Waals surface area contributed by atoms with Crippen LogP contribution in [-0.4, -0.2) is 52.0 Å². The van der Waals surface area contributed by atoms with Crippen molar-refractivity contribution in [2.24, 2.45) is 0 Å². The SMILES string of the molecule is COc1ccc(C(=O)Nc2ccc(C)c(Cl)c2)cc1S(=O)(=O)N1CCOCC1. The van der Waals surface area contributed by atoms with E-state index in [1.807, 2.05) is 6.92 Å². The van der Waals surface area contributed by atoms with Gasteiger partial charge in [-0.2, -0.15) is 4.31 Å². The first kappa shape index (κ1) is 20.6. The molecule has 0 unspecified atom stereocenters. The largest absolute Gasteiger partial charge is 0.495 e. The van der Waals surface area contributed by atoms with E-state index in [0.29, 0.717) is 23.9 Å². The lowest BCUT2D eigenvalue weighted by atomic mass is 10.2. The number of anilines is 1. The molecule has 0 radical (unpaired) electrons. The van der Waals surface area contributed by atoms with E-state index in [4.69, 9.17) is 21.1 Å². The number of carbonyl (C=O) groups is 1. The molecule has 0 spiro atoms. The van der Waals surface area contributed by atoms with Gasteiger partial charge in [0.2, 0.25) is 10.0 Å². The molecule has 0 aliphatic carbocycles. The van der Waals surface area contributed by atoms with E-state index < -0.39 is 15.9 Å². The van der Waals surface area contributed by atoms with Crippen LogP contribution in [0.3, 0.4) is 0 Å². The minimum Gasteiger partial charge on any atom is -0.495 e. The van der Waals surface area contributed by atoms with Gasteiger partial charge in [0.15, 0.2) is 0 Å². The maximum absolute atomic E-state index is 13.0. The molecule has 0 atom stereocenters. The first-order valence-electron chi connectivity index (χ1n) is 8.66. The zero-order valence-electron chi connectivity index (χ0n) is 15.6. The van der Waals surface area contributed by atoms with E-state index in [9.17, 15) is 13.2 Å². The number of benzene rings is 2. The van der Waals surface area contributed by atoms with Crippen molar-refractivity contribution in [3.8, 4) is 5.75 Å². The lowest BCUT2D eigenvalue weighted by molar-refractivity contribution is 0.0729. The molecular weight excluding hydrogens is 404 g/mol. The maximum atomic E-state index is 13.0. The van der Waals surface area contributed by atoms with E-state index in [-0.39, 0.29) is 29.3 Å². The van der Waals surface area contributed by atoms with Crippen molar-refractivity contribution in [1.82, 2.24) is 4.31 Å². The Bertz CT molecular complexity index is 988. The van der Waals surface area contributed by atoms with Gasteiger partial charge in [-0.05, 0) is 42.8 Å². The molecule has 7 nitrogen and oxygen atoms in total. The minimum atomic E-state index is -3.82. The Morgan fingerprint density at radius 1 is 1.18 bits per heavy atom. The molecule has 1 amide bonds. The number of nitrogens with zero attached hydrogens (tertiary/aromatic N) is 1. The topological polar surface area (TPSA) is 84.9 Å². The second-order valence-electron chi connectivity index (χ2n) is 6.30. The predicted octanol–water partition coefficient (Wildman–Crippen LogP) is 2.93. The van der Waals surface area contributed by atoms with Crippen LogP contribution >= 0.6 is 11.6 Å². The van der Waals surface area contributed by atoms with Crippen LogP contribution in [0.25, 0.3) is 0 Å². The van der Waals surface area contributed by atoms with Crippen LogP contribution in [0.4, 0.5) is 5.69 Å². The maximum Gasteiger partial charge on any atom is 0.255 e. The summed E-state index contributed by atoms with van der Waals surface area (Å²) in [5, 5.41) is 3.26. The molecule has 1 aliphatic heterocycles. The van der Waals surface area contributed by atoms with Crippen LogP contribution in [0.2, 0.25) is 5.02 Å². The third kappa shape index (κ3) is 4.30. The minimum absolute atomic E-state index is 0.0495. The van der Waals surface area contributed by atoms with Gasteiger partial charge in [0.05, 0.1) is 20.3 Å². The van der Waals surface area contributed by atoms with Gasteiger partial charge in [-0.25, -0.2) is 8.42 Å². The van der Waals surface area contributed by atoms with E-state index in [1.165, 1.54) is 29.6 Å². The Morgan fingerprint density at radius 2 is 1.89 bits per heavy atom. The summed E-state index contributed by atoms with van der Waals surface area (Å²) in [6.07, 6.45) is 0. The molecular formula is C19H21ClN2O5S. The van der Waals surface area contributed by atoms with Crippen molar-refractivity contribution >= 4 is 33.2 Å². The summed E-state index contributed by atoms with van der Waals surface area (Å²) in [6.45, 7) is 3.03. The quantitative estimate of drug-likeness (QED) is 0.797. The van der Waals surface area contributed by atoms with E-state index in [1.54, 1.807) is 18.2 Å². The van der Waals surface area contributed by atoms with Gasteiger partial charge in [-0.15, -0.1) is 0 Å². The number of nitrogens with one attached hydrogen (secondary N) is 1. The second-order valence-corrected chi connectivity index (χ2v) is 8.61. The number of hydrogen-bond acceptors (Lipinski definition) is 5. The van der Waals surface area contributed by atoms with Crippen molar-refractivity contribution < 1.29 is 22.7 Å². The molecule has 2 aromatic rings. The van der Waals surface area contributed by atoms with Crippen molar-refractivity contribution in [3.05, 3.63) is 52.5 Å². The molecule has 3 rings (SSSR count). The molecule has 1 N–H and O–H groups in total. The van der Waals surface area contributed by atoms with Gasteiger partial charge in [-0.3, -0.25) is 4.79 Å². The summed E-state index contributed by atoms with van der Waals surface area (Å²) in [4.78, 5) is 12.6. The van der Waals surface area contributed by atoms with E-state index in [0.717, 1.165) is 5.56 Å². The number of morpholine rings is 1. The molecule has 9 heteroatoms. The smallest absolute Gasteiger partial charge is 0.255 e. The molecule has 1 heterocycles. The third-order valence-electron chi connectivity index (χ3n) is 4.44. The van der Waals surface area contributed by atoms with Crippen molar-refractivity contribution in [1.29, 1.82) is 0 Å². The van der Waals surface area contributed by atoms with Crippen LogP contribution < -0.4 is 10.1 Å². The third-order valence-corrected chi connectivity index (χ3v) is 6.77. The number of aryl methyl sites for hydroxylation is 1. The molecule has 150 valence electrons. The molecule has 1 saturated heterocycles. The molecule has 0 saturated carbocycles. The number of ether oxygens (including phenoxy) is 2. The normalized spacial score (nSPS) is 15.2. The molecule has 1 fully saturated rings. The number of sulfonamides is 1. The monoisotopic (exact) mass is 424 g/mol. The van der Waals surface area contributed by atoms with Gasteiger partial charge >= 0.3 is 0 Å². The Hall–Kier alpha value is -2.13. The fraction of sp³-hybridized carbons (Fsp3) is 0.316. The lowest BCUT2D eigenvalue weighted by Gasteiger charge is -2.26. The van der Waals surface area contributed by atoms with E-state index in [2.05, 4.69) is 5.32 Å². The summed E-state index contributed by atoms with van der Waals surface area (Å²) in [5.74, 6) is -0.262. The average Bonchev–Trinajstić information content (AvgIpc) is 2.71. The molecule has 0 bridgehead atoms. The van der Waals surface area contributed by atoms with Gasteiger partial charge in [0.1, 0.15) is 10.6 Å². The fourth-order valence-electron chi connectivity index (χ4n) is 2.82. The molecule has 28 heavy (non-hydrogen) atoms. The van der Waals surface area contributed by atoms with Gasteiger partial charge in [0.25, 0.3) is 5.91 Å². The summed E-state index contributed by atoms with van der Waals surface area (Å²) in [5.41, 5.74) is 1.61. The molecule has 0 aromatic heterocycles. The van der Waals surface area contributed by atoms with Crippen molar-refractivity contribution in [2.45, 2.75) is 11.8 Å². The molecule has 2 aromatic carbocycles. The zero-order chi connectivity index (χ0) is 20.3. The summed E-state index contributed by atoms with van der Waals surface area (Å²) < 4.78 is 37.8. The predicted molar refractivity (Wildman–Crippen MR) is 107 cm³/mol. The Labute approximate surface area is 169 Å². The van der Waals surface area contributed by atoms with Crippen molar-refractivity contribution in [2.75, 3.05) is 38.7 Å². The first-order valence-corrected chi connectivity index (χ1v) is 10.5. The van der Waals surface area contributed by atoms with Gasteiger partial charge in [0, 0.05) is 29.4 Å². The fourth-order valence-corrected chi connectivity index (χ4v) is 4.59. The Balaban J connectivity index is 1.91. The number of methoxy groups -OCH3 is 1. The zero-order valence-corrected chi connectivity index (χ0v) is 17.1. The van der Waals surface area contributed by atoms with E-state index >= 15 is 0 Å². The molecule has 1 aliphatic rings. The highest BCUT2D eigenvalue weighted by Gasteiger charge is 2.30.